The Balaban J connectivity index is 1.38. The third kappa shape index (κ3) is 4.72. The average molecular weight is 516 g/mol. The number of alkyl halides is 3. The molecule has 1 amide bonds. The minimum atomic E-state index is -4.47. The molecule has 180 valence electrons. The second-order valence-electron chi connectivity index (χ2n) is 8.62. The standard InChI is InChI=1S/C25H20F3N3O2S2/c26-25(27,28)17-5-3-4-16(12-17)24(8-1-2-9-24)22(33)31-23-30-18-7-6-15(11-21(18)35-23)10-20(32)19-13-34-14-29-19/h3-7,11-14H,1-2,8-10H2,(H,30,31,33). The number of nitrogens with zero attached hydrogens (tertiary/aromatic N) is 2. The number of anilines is 1. The molecule has 1 aliphatic carbocycles. The quantitative estimate of drug-likeness (QED) is 0.292. The number of aromatic nitrogens is 2. The maximum atomic E-state index is 13.4. The van der Waals surface area contributed by atoms with Gasteiger partial charge in [-0.25, -0.2) is 9.97 Å². The lowest BCUT2D eigenvalue weighted by atomic mass is 9.77. The van der Waals surface area contributed by atoms with Crippen molar-refractivity contribution in [1.29, 1.82) is 0 Å². The summed E-state index contributed by atoms with van der Waals surface area (Å²) in [5.74, 6) is -0.416. The normalized spacial score (nSPS) is 15.4. The average Bonchev–Trinajstić information content (AvgIpc) is 3.59. The van der Waals surface area contributed by atoms with Gasteiger partial charge in [0, 0.05) is 11.8 Å². The summed E-state index contributed by atoms with van der Waals surface area (Å²) in [5, 5.41) is 4.96. The van der Waals surface area contributed by atoms with Crippen LogP contribution in [-0.4, -0.2) is 21.7 Å². The van der Waals surface area contributed by atoms with Gasteiger partial charge in [-0.15, -0.1) is 11.3 Å². The van der Waals surface area contributed by atoms with E-state index in [0.717, 1.165) is 35.2 Å². The van der Waals surface area contributed by atoms with Crippen LogP contribution in [0.4, 0.5) is 18.3 Å². The van der Waals surface area contributed by atoms with Crippen LogP contribution in [0.2, 0.25) is 0 Å². The van der Waals surface area contributed by atoms with E-state index in [1.165, 1.54) is 28.7 Å². The van der Waals surface area contributed by atoms with Gasteiger partial charge in [-0.1, -0.05) is 48.4 Å². The number of carbonyl (C=O) groups excluding carboxylic acids is 2. The first kappa shape index (κ1) is 23.6. The van der Waals surface area contributed by atoms with Crippen LogP contribution in [0.15, 0.2) is 53.4 Å². The molecule has 1 saturated carbocycles. The molecule has 5 nitrogen and oxygen atoms in total. The van der Waals surface area contributed by atoms with Crippen LogP contribution in [0.3, 0.4) is 0 Å². The van der Waals surface area contributed by atoms with Crippen LogP contribution in [-0.2, 0) is 22.8 Å². The Labute approximate surface area is 207 Å². The van der Waals surface area contributed by atoms with Gasteiger partial charge in [-0.05, 0) is 42.2 Å². The molecule has 4 aromatic rings. The van der Waals surface area contributed by atoms with Crippen molar-refractivity contribution in [3.63, 3.8) is 0 Å². The number of thiazole rings is 2. The molecule has 1 fully saturated rings. The SMILES string of the molecule is O=C(Cc1ccc2nc(NC(=O)C3(c4cccc(C(F)(F)F)c4)CCCC3)sc2c1)c1cscn1. The fourth-order valence-corrected chi connectivity index (χ4v) is 6.08. The molecule has 0 saturated heterocycles. The Hall–Kier alpha value is -3.11. The Bertz CT molecular complexity index is 1390. The second kappa shape index (κ2) is 9.16. The van der Waals surface area contributed by atoms with Crippen molar-refractivity contribution >= 4 is 49.7 Å². The number of halogens is 3. The maximum absolute atomic E-state index is 13.4. The molecular weight excluding hydrogens is 495 g/mol. The molecule has 0 radical (unpaired) electrons. The van der Waals surface area contributed by atoms with E-state index in [0.29, 0.717) is 34.7 Å². The Morgan fingerprint density at radius 3 is 2.60 bits per heavy atom. The van der Waals surface area contributed by atoms with E-state index in [2.05, 4.69) is 15.3 Å². The number of carbonyl (C=O) groups is 2. The molecule has 2 heterocycles. The number of rotatable bonds is 6. The van der Waals surface area contributed by atoms with Gasteiger partial charge in [0.2, 0.25) is 5.91 Å². The fraction of sp³-hybridized carbons (Fsp3) is 0.280. The van der Waals surface area contributed by atoms with Crippen LogP contribution in [0, 0.1) is 0 Å². The summed E-state index contributed by atoms with van der Waals surface area (Å²) in [5.41, 5.74) is 2.14. The van der Waals surface area contributed by atoms with Crippen molar-refractivity contribution in [1.82, 2.24) is 9.97 Å². The van der Waals surface area contributed by atoms with Crippen molar-refractivity contribution in [3.8, 4) is 0 Å². The molecule has 0 spiro atoms. The number of hydrogen-bond donors (Lipinski definition) is 1. The zero-order valence-electron chi connectivity index (χ0n) is 18.4. The molecule has 0 aliphatic heterocycles. The van der Waals surface area contributed by atoms with E-state index in [9.17, 15) is 22.8 Å². The summed E-state index contributed by atoms with van der Waals surface area (Å²) in [6.45, 7) is 0. The third-order valence-electron chi connectivity index (χ3n) is 6.39. The molecule has 2 aromatic carbocycles. The summed E-state index contributed by atoms with van der Waals surface area (Å²) < 4.78 is 40.7. The van der Waals surface area contributed by atoms with E-state index in [1.54, 1.807) is 23.0 Å². The topological polar surface area (TPSA) is 72.0 Å². The van der Waals surface area contributed by atoms with Crippen molar-refractivity contribution < 1.29 is 22.8 Å². The van der Waals surface area contributed by atoms with Crippen LogP contribution >= 0.6 is 22.7 Å². The van der Waals surface area contributed by atoms with E-state index >= 15 is 0 Å². The van der Waals surface area contributed by atoms with Crippen LogP contribution < -0.4 is 5.32 Å². The molecule has 0 atom stereocenters. The number of fused-ring (bicyclic) bond motifs is 1. The summed E-state index contributed by atoms with van der Waals surface area (Å²) in [7, 11) is 0. The van der Waals surface area contributed by atoms with Gasteiger partial charge in [0.15, 0.2) is 10.9 Å². The van der Waals surface area contributed by atoms with Crippen LogP contribution in [0.5, 0.6) is 0 Å². The molecule has 35 heavy (non-hydrogen) atoms. The van der Waals surface area contributed by atoms with Crippen LogP contribution in [0.1, 0.15) is 52.9 Å². The first-order valence-corrected chi connectivity index (χ1v) is 12.8. The number of amides is 1. The van der Waals surface area contributed by atoms with Gasteiger partial charge >= 0.3 is 6.18 Å². The Kier molecular flexibility index (Phi) is 6.18. The fourth-order valence-electron chi connectivity index (χ4n) is 4.59. The van der Waals surface area contributed by atoms with Gasteiger partial charge in [-0.3, -0.25) is 9.59 Å². The molecule has 0 bridgehead atoms. The minimum absolute atomic E-state index is 0.0760. The van der Waals surface area contributed by atoms with E-state index in [-0.39, 0.29) is 18.1 Å². The monoisotopic (exact) mass is 515 g/mol. The highest BCUT2D eigenvalue weighted by Gasteiger charge is 2.44. The van der Waals surface area contributed by atoms with Gasteiger partial charge < -0.3 is 5.32 Å². The second-order valence-corrected chi connectivity index (χ2v) is 10.4. The number of Topliss-reactive ketones (excluding diaryl/α,β-unsaturated/α-hetero) is 1. The summed E-state index contributed by atoms with van der Waals surface area (Å²) in [6, 6.07) is 10.6. The number of nitrogens with one attached hydrogen (secondary N) is 1. The smallest absolute Gasteiger partial charge is 0.301 e. The largest absolute Gasteiger partial charge is 0.416 e. The van der Waals surface area contributed by atoms with Crippen molar-refractivity contribution in [2.75, 3.05) is 5.32 Å². The highest BCUT2D eigenvalue weighted by molar-refractivity contribution is 7.22. The molecule has 2 aromatic heterocycles. The predicted octanol–water partition coefficient (Wildman–Crippen LogP) is 6.65. The zero-order valence-corrected chi connectivity index (χ0v) is 20.0. The lowest BCUT2D eigenvalue weighted by Gasteiger charge is -2.28. The van der Waals surface area contributed by atoms with Crippen LogP contribution in [0.25, 0.3) is 10.2 Å². The van der Waals surface area contributed by atoms with E-state index < -0.39 is 17.2 Å². The van der Waals surface area contributed by atoms with E-state index in [4.69, 9.17) is 0 Å². The Morgan fingerprint density at radius 1 is 1.09 bits per heavy atom. The van der Waals surface area contributed by atoms with Gasteiger partial charge in [0.25, 0.3) is 0 Å². The van der Waals surface area contributed by atoms with Gasteiger partial charge in [0.05, 0.1) is 26.7 Å². The van der Waals surface area contributed by atoms with Crippen molar-refractivity contribution in [2.45, 2.75) is 43.7 Å². The zero-order chi connectivity index (χ0) is 24.6. The summed E-state index contributed by atoms with van der Waals surface area (Å²) >= 11 is 2.64. The molecule has 0 unspecified atom stereocenters. The highest BCUT2D eigenvalue weighted by atomic mass is 32.1. The first-order valence-electron chi connectivity index (χ1n) is 11.0. The maximum Gasteiger partial charge on any atom is 0.416 e. The van der Waals surface area contributed by atoms with Gasteiger partial charge in [-0.2, -0.15) is 13.2 Å². The summed E-state index contributed by atoms with van der Waals surface area (Å²) in [6.07, 6.45) is -1.78. The molecule has 1 N–H and O–H groups in total. The molecule has 5 rings (SSSR count). The van der Waals surface area contributed by atoms with Crippen molar-refractivity contribution in [3.05, 3.63) is 75.7 Å². The molecule has 1 aliphatic rings. The predicted molar refractivity (Wildman–Crippen MR) is 130 cm³/mol. The molecule has 10 heteroatoms. The third-order valence-corrected chi connectivity index (χ3v) is 7.91. The first-order chi connectivity index (χ1) is 16.7. The highest BCUT2D eigenvalue weighted by Crippen LogP contribution is 2.44. The number of ketones is 1. The number of hydrogen-bond acceptors (Lipinski definition) is 6. The number of benzene rings is 2. The molecular formula is C25H20F3N3O2S2. The van der Waals surface area contributed by atoms with E-state index in [1.807, 2.05) is 12.1 Å². The van der Waals surface area contributed by atoms with Gasteiger partial charge in [0.1, 0.15) is 5.69 Å². The summed E-state index contributed by atoms with van der Waals surface area (Å²) in [4.78, 5) is 34.3. The minimum Gasteiger partial charge on any atom is -0.301 e. The Morgan fingerprint density at radius 2 is 1.89 bits per heavy atom. The lowest BCUT2D eigenvalue weighted by molar-refractivity contribution is -0.137. The van der Waals surface area contributed by atoms with Crippen molar-refractivity contribution in [2.24, 2.45) is 0 Å². The lowest BCUT2D eigenvalue weighted by Crippen LogP contribution is -2.38.